The Balaban J connectivity index is 2.08. The zero-order valence-corrected chi connectivity index (χ0v) is 12.0. The fourth-order valence-electron chi connectivity index (χ4n) is 2.51. The molecule has 1 heterocycles. The summed E-state index contributed by atoms with van der Waals surface area (Å²) < 4.78 is 0. The van der Waals surface area contributed by atoms with Crippen molar-refractivity contribution >= 4 is 0 Å². The average Bonchev–Trinajstić information content (AvgIpc) is 2.42. The molecule has 0 amide bonds. The van der Waals surface area contributed by atoms with E-state index in [-0.39, 0.29) is 0 Å². The van der Waals surface area contributed by atoms with Crippen molar-refractivity contribution in [3.63, 3.8) is 0 Å². The van der Waals surface area contributed by atoms with Gasteiger partial charge in [-0.25, -0.2) is 0 Å². The van der Waals surface area contributed by atoms with Gasteiger partial charge in [-0.15, -0.1) is 0 Å². The molecular formula is C17H22N2. The van der Waals surface area contributed by atoms with Gasteiger partial charge in [-0.3, -0.25) is 4.98 Å². The van der Waals surface area contributed by atoms with E-state index in [1.165, 1.54) is 16.7 Å². The summed E-state index contributed by atoms with van der Waals surface area (Å²) in [7, 11) is 2.03. The molecule has 1 N–H and O–H groups in total. The molecule has 0 saturated carbocycles. The largest absolute Gasteiger partial charge is 0.313 e. The van der Waals surface area contributed by atoms with Gasteiger partial charge < -0.3 is 5.32 Å². The second kappa shape index (κ2) is 6.48. The van der Waals surface area contributed by atoms with Crippen LogP contribution < -0.4 is 5.32 Å². The lowest BCUT2D eigenvalue weighted by molar-refractivity contribution is 0.543. The summed E-state index contributed by atoms with van der Waals surface area (Å²) in [5.41, 5.74) is 5.23. The SMILES string of the molecule is CNC(CCc1ccccn1)c1ccc(C)cc1C. The summed E-state index contributed by atoms with van der Waals surface area (Å²) >= 11 is 0. The molecule has 0 bridgehead atoms. The van der Waals surface area contributed by atoms with Crippen molar-refractivity contribution in [1.82, 2.24) is 10.3 Å². The highest BCUT2D eigenvalue weighted by Crippen LogP contribution is 2.22. The molecule has 100 valence electrons. The third kappa shape index (κ3) is 3.65. The first kappa shape index (κ1) is 13.8. The van der Waals surface area contributed by atoms with Crippen LogP contribution in [0.15, 0.2) is 42.6 Å². The van der Waals surface area contributed by atoms with E-state index in [0.717, 1.165) is 18.5 Å². The monoisotopic (exact) mass is 254 g/mol. The van der Waals surface area contributed by atoms with Crippen LogP contribution in [0.5, 0.6) is 0 Å². The standard InChI is InChI=1S/C17H22N2/c1-13-7-9-16(14(2)12-13)17(18-3)10-8-15-6-4-5-11-19-15/h4-7,9,11-12,17-18H,8,10H2,1-3H3. The van der Waals surface area contributed by atoms with Gasteiger partial charge >= 0.3 is 0 Å². The number of rotatable bonds is 5. The predicted molar refractivity (Wildman–Crippen MR) is 80.3 cm³/mol. The predicted octanol–water partition coefficient (Wildman–Crippen LogP) is 3.59. The van der Waals surface area contributed by atoms with E-state index < -0.39 is 0 Å². The maximum Gasteiger partial charge on any atom is 0.0404 e. The number of benzene rings is 1. The van der Waals surface area contributed by atoms with Gasteiger partial charge in [0.1, 0.15) is 0 Å². The Labute approximate surface area is 115 Å². The van der Waals surface area contributed by atoms with Crippen LogP contribution >= 0.6 is 0 Å². The highest BCUT2D eigenvalue weighted by atomic mass is 14.9. The molecule has 2 rings (SSSR count). The summed E-state index contributed by atoms with van der Waals surface area (Å²) in [6.07, 6.45) is 3.93. The summed E-state index contributed by atoms with van der Waals surface area (Å²) in [6, 6.07) is 13.2. The molecule has 2 heteroatoms. The van der Waals surface area contributed by atoms with Crippen LogP contribution in [0.2, 0.25) is 0 Å². The topological polar surface area (TPSA) is 24.9 Å². The quantitative estimate of drug-likeness (QED) is 0.882. The van der Waals surface area contributed by atoms with Gasteiger partial charge in [-0.1, -0.05) is 29.8 Å². The molecule has 0 radical (unpaired) electrons. The Morgan fingerprint density at radius 1 is 1.16 bits per heavy atom. The highest BCUT2D eigenvalue weighted by Gasteiger charge is 2.12. The third-order valence-electron chi connectivity index (χ3n) is 3.56. The summed E-state index contributed by atoms with van der Waals surface area (Å²) in [4.78, 5) is 4.39. The maximum absolute atomic E-state index is 4.39. The van der Waals surface area contributed by atoms with Crippen molar-refractivity contribution in [2.45, 2.75) is 32.7 Å². The number of hydrogen-bond donors (Lipinski definition) is 1. The number of hydrogen-bond acceptors (Lipinski definition) is 2. The summed E-state index contributed by atoms with van der Waals surface area (Å²) in [5.74, 6) is 0. The smallest absolute Gasteiger partial charge is 0.0404 e. The van der Waals surface area contributed by atoms with Crippen molar-refractivity contribution < 1.29 is 0 Å². The molecular weight excluding hydrogens is 232 g/mol. The molecule has 0 saturated heterocycles. The minimum Gasteiger partial charge on any atom is -0.313 e. The number of nitrogens with zero attached hydrogens (tertiary/aromatic N) is 1. The van der Waals surface area contributed by atoms with Crippen molar-refractivity contribution in [2.75, 3.05) is 7.05 Å². The van der Waals surface area contributed by atoms with Crippen molar-refractivity contribution in [1.29, 1.82) is 0 Å². The van der Waals surface area contributed by atoms with Gasteiger partial charge in [0, 0.05) is 17.9 Å². The van der Waals surface area contributed by atoms with Crippen molar-refractivity contribution in [2.24, 2.45) is 0 Å². The van der Waals surface area contributed by atoms with Crippen LogP contribution in [-0.4, -0.2) is 12.0 Å². The van der Waals surface area contributed by atoms with Gasteiger partial charge in [-0.05, 0) is 57.0 Å². The van der Waals surface area contributed by atoms with Crippen LogP contribution in [0.1, 0.15) is 34.8 Å². The first-order valence-electron chi connectivity index (χ1n) is 6.85. The fourth-order valence-corrected chi connectivity index (χ4v) is 2.51. The van der Waals surface area contributed by atoms with Crippen LogP contribution in [0.25, 0.3) is 0 Å². The number of aromatic nitrogens is 1. The van der Waals surface area contributed by atoms with Gasteiger partial charge in [0.2, 0.25) is 0 Å². The van der Waals surface area contributed by atoms with Gasteiger partial charge in [0.05, 0.1) is 0 Å². The number of aryl methyl sites for hydroxylation is 3. The second-order valence-corrected chi connectivity index (χ2v) is 5.06. The molecule has 2 nitrogen and oxygen atoms in total. The van der Waals surface area contributed by atoms with E-state index in [0.29, 0.717) is 6.04 Å². The minimum atomic E-state index is 0.391. The van der Waals surface area contributed by atoms with Crippen molar-refractivity contribution in [3.05, 3.63) is 65.0 Å². The number of nitrogens with one attached hydrogen (secondary N) is 1. The zero-order valence-electron chi connectivity index (χ0n) is 12.0. The Hall–Kier alpha value is -1.67. The summed E-state index contributed by atoms with van der Waals surface area (Å²) in [6.45, 7) is 4.33. The van der Waals surface area contributed by atoms with E-state index in [1.54, 1.807) is 0 Å². The molecule has 0 spiro atoms. The fraction of sp³-hybridized carbons (Fsp3) is 0.353. The molecule has 19 heavy (non-hydrogen) atoms. The van der Waals surface area contributed by atoms with Crippen molar-refractivity contribution in [3.8, 4) is 0 Å². The molecule has 2 aromatic rings. The first-order valence-corrected chi connectivity index (χ1v) is 6.85. The van der Waals surface area contributed by atoms with Crippen LogP contribution in [0.3, 0.4) is 0 Å². The van der Waals surface area contributed by atoms with E-state index >= 15 is 0 Å². The lowest BCUT2D eigenvalue weighted by Gasteiger charge is -2.19. The zero-order chi connectivity index (χ0) is 13.7. The summed E-state index contributed by atoms with van der Waals surface area (Å²) in [5, 5.41) is 3.42. The Bertz CT molecular complexity index is 520. The number of pyridine rings is 1. The Kier molecular flexibility index (Phi) is 4.69. The van der Waals surface area contributed by atoms with Crippen LogP contribution in [0.4, 0.5) is 0 Å². The van der Waals surface area contributed by atoms with Crippen LogP contribution in [-0.2, 0) is 6.42 Å². The minimum absolute atomic E-state index is 0.391. The Morgan fingerprint density at radius 3 is 2.63 bits per heavy atom. The van der Waals surface area contributed by atoms with Crippen LogP contribution in [0, 0.1) is 13.8 Å². The molecule has 1 unspecified atom stereocenters. The molecule has 0 fully saturated rings. The first-order chi connectivity index (χ1) is 9.20. The average molecular weight is 254 g/mol. The van der Waals surface area contributed by atoms with E-state index in [4.69, 9.17) is 0 Å². The normalized spacial score (nSPS) is 12.4. The van der Waals surface area contributed by atoms with Gasteiger partial charge in [0.25, 0.3) is 0 Å². The molecule has 0 aliphatic rings. The second-order valence-electron chi connectivity index (χ2n) is 5.06. The van der Waals surface area contributed by atoms with Gasteiger partial charge in [0.15, 0.2) is 0 Å². The van der Waals surface area contributed by atoms with E-state index in [2.05, 4.69) is 48.4 Å². The molecule has 1 atom stereocenters. The molecule has 1 aromatic heterocycles. The molecule has 1 aromatic carbocycles. The van der Waals surface area contributed by atoms with E-state index in [9.17, 15) is 0 Å². The Morgan fingerprint density at radius 2 is 2.00 bits per heavy atom. The van der Waals surface area contributed by atoms with Gasteiger partial charge in [-0.2, -0.15) is 0 Å². The molecule has 0 aliphatic carbocycles. The lowest BCUT2D eigenvalue weighted by atomic mass is 9.95. The van der Waals surface area contributed by atoms with E-state index in [1.807, 2.05) is 25.4 Å². The maximum atomic E-state index is 4.39. The lowest BCUT2D eigenvalue weighted by Crippen LogP contribution is -2.18. The molecule has 0 aliphatic heterocycles. The third-order valence-corrected chi connectivity index (χ3v) is 3.56. The highest BCUT2D eigenvalue weighted by molar-refractivity contribution is 5.32.